The van der Waals surface area contributed by atoms with Crippen molar-refractivity contribution >= 4 is 0 Å². The molecule has 0 saturated heterocycles. The van der Waals surface area contributed by atoms with Crippen LogP contribution in [0, 0.1) is 0 Å². The van der Waals surface area contributed by atoms with Crippen LogP contribution in [-0.4, -0.2) is 0 Å². The van der Waals surface area contributed by atoms with Crippen LogP contribution in [0.4, 0.5) is 0 Å². The van der Waals surface area contributed by atoms with Gasteiger partial charge in [-0.15, -0.1) is 0 Å². The molecule has 58 valence electrons. The Hall–Kier alpha value is 3.97. The molecule has 0 aliphatic carbocycles. The SMILES string of the molecule is [N-3].[N-3].[Pd+2].[Pd+2].[Pd+2].[W].[W].[W]. The summed E-state index contributed by atoms with van der Waals surface area (Å²) in [5.74, 6) is 0. The normalized spacial score (nSPS) is 0. The van der Waals surface area contributed by atoms with Gasteiger partial charge in [0.05, 0.1) is 0 Å². The molecule has 0 aliphatic heterocycles. The van der Waals surface area contributed by atoms with E-state index in [0.29, 0.717) is 0 Å². The van der Waals surface area contributed by atoms with Crippen LogP contribution in [0.2, 0.25) is 0 Å². The molecule has 8 heteroatoms. The molecular formula is N2Pd3W3. The minimum Gasteiger partial charge on any atom is -3.00 e. The van der Waals surface area contributed by atoms with Crippen molar-refractivity contribution in [1.82, 2.24) is 0 Å². The Bertz CT molecular complexity index is 12.5. The smallest absolute Gasteiger partial charge is 2.00 e. The largest absolute Gasteiger partial charge is 3.00 e. The maximum Gasteiger partial charge on any atom is 2.00 e. The molecule has 0 unspecified atom stereocenters. The van der Waals surface area contributed by atoms with Crippen LogP contribution in [-0.2, 0) is 124 Å². The second-order valence-corrected chi connectivity index (χ2v) is 0. The first-order valence-electron chi connectivity index (χ1n) is 0. The molecule has 0 amide bonds. The molecular weight excluding hydrogens is 899 g/mol. The third-order valence-electron chi connectivity index (χ3n) is 0. The molecule has 0 atom stereocenters. The number of hydrogen-bond donors (Lipinski definition) is 0. The van der Waals surface area contributed by atoms with E-state index in [4.69, 9.17) is 0 Å². The van der Waals surface area contributed by atoms with Gasteiger partial charge in [0.2, 0.25) is 0 Å². The topological polar surface area (TPSA) is 61.0 Å². The number of rotatable bonds is 0. The third kappa shape index (κ3) is 50.9. The zero-order valence-corrected chi connectivity index (χ0v) is 16.5. The molecule has 0 fully saturated rings. The van der Waals surface area contributed by atoms with E-state index in [0.717, 1.165) is 0 Å². The van der Waals surface area contributed by atoms with Crippen molar-refractivity contribution in [3.63, 3.8) is 0 Å². The maximum absolute atomic E-state index is 0. The molecule has 0 spiro atoms. The molecule has 0 bridgehead atoms. The van der Waals surface area contributed by atoms with Crippen LogP contribution in [0.1, 0.15) is 0 Å². The van der Waals surface area contributed by atoms with Gasteiger partial charge in [0.25, 0.3) is 0 Å². The zero-order chi connectivity index (χ0) is 0. The van der Waals surface area contributed by atoms with Crippen LogP contribution < -0.4 is 0 Å². The van der Waals surface area contributed by atoms with Crippen molar-refractivity contribution in [1.29, 1.82) is 0 Å². The van der Waals surface area contributed by atoms with Crippen LogP contribution in [0.15, 0.2) is 0 Å². The van der Waals surface area contributed by atoms with Crippen LogP contribution >= 0.6 is 0 Å². The summed E-state index contributed by atoms with van der Waals surface area (Å²) in [7, 11) is 0. The molecule has 2 nitrogen and oxygen atoms in total. The molecule has 0 aromatic rings. The summed E-state index contributed by atoms with van der Waals surface area (Å²) in [6, 6.07) is 0. The maximum atomic E-state index is 0. The monoisotopic (exact) mass is 898 g/mol. The minimum atomic E-state index is 0. The van der Waals surface area contributed by atoms with Gasteiger partial charge in [0.15, 0.2) is 0 Å². The summed E-state index contributed by atoms with van der Waals surface area (Å²) in [6.07, 6.45) is 0. The fourth-order valence-corrected chi connectivity index (χ4v) is 0. The van der Waals surface area contributed by atoms with Crippen LogP contribution in [0.5, 0.6) is 0 Å². The van der Waals surface area contributed by atoms with Gasteiger partial charge < -0.3 is 12.3 Å². The third-order valence-corrected chi connectivity index (χ3v) is 0. The number of nitrogens with zero attached hydrogens (tertiary/aromatic N) is 2. The van der Waals surface area contributed by atoms with Crippen molar-refractivity contribution in [2.75, 3.05) is 0 Å². The van der Waals surface area contributed by atoms with Gasteiger partial charge in [-0.05, 0) is 0 Å². The van der Waals surface area contributed by atoms with Gasteiger partial charge in [-0.3, -0.25) is 0 Å². The molecule has 0 radical (unpaired) electrons. The molecule has 0 aromatic heterocycles. The van der Waals surface area contributed by atoms with E-state index in [2.05, 4.69) is 0 Å². The van der Waals surface area contributed by atoms with E-state index in [9.17, 15) is 0 Å². The predicted octanol–water partition coefficient (Wildman–Crippen LogP) is 0.562. The summed E-state index contributed by atoms with van der Waals surface area (Å²) in [4.78, 5) is 0. The Kier molecular flexibility index (Phi) is 790. The van der Waals surface area contributed by atoms with Gasteiger partial charge in [-0.1, -0.05) is 0 Å². The minimum absolute atomic E-state index is 0. The predicted molar refractivity (Wildman–Crippen MR) is 6.72 cm³/mol. The van der Waals surface area contributed by atoms with Crippen LogP contribution in [0.25, 0.3) is 12.3 Å². The fourth-order valence-electron chi connectivity index (χ4n) is 0. The Morgan fingerprint density at radius 2 is 0.375 bits per heavy atom. The van der Waals surface area contributed by atoms with Crippen molar-refractivity contribution in [3.05, 3.63) is 12.3 Å². The van der Waals surface area contributed by atoms with E-state index in [1.807, 2.05) is 0 Å². The van der Waals surface area contributed by atoms with Gasteiger partial charge >= 0.3 is 61.3 Å². The van der Waals surface area contributed by atoms with Gasteiger partial charge in [-0.25, -0.2) is 0 Å². The fraction of sp³-hybridized carbons (Fsp3) is 0. The summed E-state index contributed by atoms with van der Waals surface area (Å²) in [6.45, 7) is 0. The van der Waals surface area contributed by atoms with Crippen molar-refractivity contribution in [3.8, 4) is 0 Å². The molecule has 0 aliphatic rings. The summed E-state index contributed by atoms with van der Waals surface area (Å²) in [5, 5.41) is 0. The molecule has 0 saturated carbocycles. The van der Waals surface area contributed by atoms with Gasteiger partial charge in [0.1, 0.15) is 0 Å². The second kappa shape index (κ2) is 69.2. The average Bonchev–Trinajstić information content (AvgIpc) is 0. The van der Waals surface area contributed by atoms with Crippen LogP contribution in [0.3, 0.4) is 0 Å². The Morgan fingerprint density at radius 3 is 0.375 bits per heavy atom. The average molecular weight is 899 g/mol. The quantitative estimate of drug-likeness (QED) is 0.320. The van der Waals surface area contributed by atoms with Crippen molar-refractivity contribution in [2.24, 2.45) is 0 Å². The Balaban J connectivity index is 0. The zero-order valence-electron chi connectivity index (χ0n) is 3.07. The first kappa shape index (κ1) is 91.4. The molecule has 0 rings (SSSR count). The standard InChI is InChI=1S/2N.3Pd.3W/q2*-3;3*+2;;;. The van der Waals surface area contributed by atoms with Crippen molar-refractivity contribution in [2.45, 2.75) is 0 Å². The van der Waals surface area contributed by atoms with E-state index in [1.54, 1.807) is 0 Å². The second-order valence-electron chi connectivity index (χ2n) is 0. The van der Waals surface area contributed by atoms with E-state index < -0.39 is 0 Å². The van der Waals surface area contributed by atoms with E-state index >= 15 is 0 Å². The summed E-state index contributed by atoms with van der Waals surface area (Å²) < 4.78 is 0. The molecule has 0 N–H and O–H groups in total. The number of hydrogen-bond acceptors (Lipinski definition) is 0. The van der Waals surface area contributed by atoms with Crippen molar-refractivity contribution < 1.29 is 124 Å². The Labute approximate surface area is 134 Å². The summed E-state index contributed by atoms with van der Waals surface area (Å²) in [5.41, 5.74) is 0. The molecule has 0 aromatic carbocycles. The van der Waals surface area contributed by atoms with E-state index in [-0.39, 0.29) is 137 Å². The van der Waals surface area contributed by atoms with Gasteiger partial charge in [0, 0.05) is 63.2 Å². The first-order chi connectivity index (χ1) is 0. The van der Waals surface area contributed by atoms with E-state index in [1.165, 1.54) is 0 Å². The molecule has 8 heavy (non-hydrogen) atoms. The molecule has 0 heterocycles. The first-order valence-corrected chi connectivity index (χ1v) is 0. The van der Waals surface area contributed by atoms with Gasteiger partial charge in [-0.2, -0.15) is 0 Å². The summed E-state index contributed by atoms with van der Waals surface area (Å²) >= 11 is 0. The Morgan fingerprint density at radius 1 is 0.375 bits per heavy atom.